The summed E-state index contributed by atoms with van der Waals surface area (Å²) >= 11 is 0. The Balaban J connectivity index is 1.71. The Bertz CT molecular complexity index is 1210. The van der Waals surface area contributed by atoms with E-state index in [-0.39, 0.29) is 46.8 Å². The number of esters is 1. The third-order valence-corrected chi connectivity index (χ3v) is 12.7. The van der Waals surface area contributed by atoms with Crippen molar-refractivity contribution in [3.05, 3.63) is 23.6 Å². The van der Waals surface area contributed by atoms with Crippen LogP contribution in [0.4, 0.5) is 4.39 Å². The minimum atomic E-state index is -1.14. The molecule has 0 aromatic rings. The molecule has 0 N–H and O–H groups in total. The first-order valence-corrected chi connectivity index (χ1v) is 14.2. The monoisotopic (exact) mass is 526 g/mol. The highest BCUT2D eigenvalue weighted by atomic mass is 19.1. The van der Waals surface area contributed by atoms with Crippen molar-refractivity contribution in [1.29, 1.82) is 0 Å². The van der Waals surface area contributed by atoms with Crippen molar-refractivity contribution < 1.29 is 28.3 Å². The van der Waals surface area contributed by atoms with Crippen molar-refractivity contribution in [2.75, 3.05) is 7.11 Å². The number of ketones is 3. The van der Waals surface area contributed by atoms with Gasteiger partial charge >= 0.3 is 5.97 Å². The van der Waals surface area contributed by atoms with Gasteiger partial charge in [0, 0.05) is 11.3 Å². The van der Waals surface area contributed by atoms with Gasteiger partial charge < -0.3 is 4.74 Å². The van der Waals surface area contributed by atoms with E-state index < -0.39 is 38.6 Å². The van der Waals surface area contributed by atoms with E-state index in [1.807, 2.05) is 20.8 Å². The summed E-state index contributed by atoms with van der Waals surface area (Å²) in [5.41, 5.74) is -3.36. The Morgan fingerprint density at radius 2 is 1.58 bits per heavy atom. The Kier molecular flexibility index (Phi) is 5.76. The van der Waals surface area contributed by atoms with Gasteiger partial charge in [-0.1, -0.05) is 41.5 Å². The van der Waals surface area contributed by atoms with E-state index >= 15 is 0 Å². The quantitative estimate of drug-likeness (QED) is 0.226. The van der Waals surface area contributed by atoms with Crippen molar-refractivity contribution in [1.82, 2.24) is 0 Å². The maximum Gasteiger partial charge on any atom is 0.312 e. The molecule has 0 amide bonds. The molecule has 5 rings (SSSR count). The molecule has 4 fully saturated rings. The first-order valence-electron chi connectivity index (χ1n) is 14.2. The molecule has 0 spiro atoms. The molecule has 208 valence electrons. The largest absolute Gasteiger partial charge is 0.469 e. The van der Waals surface area contributed by atoms with Gasteiger partial charge in [-0.2, -0.15) is 0 Å². The van der Waals surface area contributed by atoms with E-state index in [1.54, 1.807) is 6.08 Å². The maximum atomic E-state index is 14.4. The lowest BCUT2D eigenvalue weighted by atomic mass is 9.33. The fourth-order valence-corrected chi connectivity index (χ4v) is 10.3. The van der Waals surface area contributed by atoms with Crippen molar-refractivity contribution in [2.24, 2.45) is 50.2 Å². The highest BCUT2D eigenvalue weighted by molar-refractivity contribution is 6.26. The number of fused-ring (bicyclic) bond motifs is 7. The molecule has 4 saturated carbocycles. The van der Waals surface area contributed by atoms with E-state index in [4.69, 9.17) is 4.74 Å². The van der Waals surface area contributed by atoms with E-state index in [0.717, 1.165) is 24.8 Å². The third kappa shape index (κ3) is 3.04. The second-order valence-corrected chi connectivity index (χ2v) is 15.0. The van der Waals surface area contributed by atoms with E-state index in [1.165, 1.54) is 7.11 Å². The number of hydrogen-bond acceptors (Lipinski definition) is 5. The van der Waals surface area contributed by atoms with Crippen molar-refractivity contribution in [3.8, 4) is 0 Å². The van der Waals surface area contributed by atoms with Crippen molar-refractivity contribution in [3.63, 3.8) is 0 Å². The van der Waals surface area contributed by atoms with Gasteiger partial charge in [-0.15, -0.1) is 0 Å². The van der Waals surface area contributed by atoms with Gasteiger partial charge in [0.2, 0.25) is 0 Å². The van der Waals surface area contributed by atoms with E-state index in [9.17, 15) is 23.6 Å². The molecule has 5 aliphatic carbocycles. The standard InChI is InChI=1S/C32H43FO5/c1-27(2)11-13-32(26(37)38-8)14-12-30(6)23(19(32)16-27)20(34)15-22-29(30,5)10-9-21-28(3,4)24(35)18(17-33)25(36)31(21,22)7/h15,17,19,21,23H,9-14,16H2,1-8H3/b18-17-/t19-,21-,23-,29+,30+,31-,32-/m0/s1. The van der Waals surface area contributed by atoms with Crippen LogP contribution in [0.1, 0.15) is 93.4 Å². The molecule has 0 aliphatic heterocycles. The lowest BCUT2D eigenvalue weighted by Crippen LogP contribution is -2.67. The lowest BCUT2D eigenvalue weighted by molar-refractivity contribution is -0.192. The van der Waals surface area contributed by atoms with Crippen LogP contribution in [-0.4, -0.2) is 30.4 Å². The Morgan fingerprint density at radius 3 is 2.18 bits per heavy atom. The molecule has 0 unspecified atom stereocenters. The predicted octanol–water partition coefficient (Wildman–Crippen LogP) is 6.35. The normalized spacial score (nSPS) is 46.3. The van der Waals surface area contributed by atoms with E-state index in [0.29, 0.717) is 25.7 Å². The number of rotatable bonds is 1. The minimum Gasteiger partial charge on any atom is -0.469 e. The van der Waals surface area contributed by atoms with Crippen molar-refractivity contribution in [2.45, 2.75) is 93.4 Å². The summed E-state index contributed by atoms with van der Waals surface area (Å²) in [4.78, 5) is 54.8. The van der Waals surface area contributed by atoms with E-state index in [2.05, 4.69) is 27.7 Å². The minimum absolute atomic E-state index is 0.000201. The van der Waals surface area contributed by atoms with Gasteiger partial charge in [-0.3, -0.25) is 19.2 Å². The molecule has 0 bridgehead atoms. The smallest absolute Gasteiger partial charge is 0.312 e. The van der Waals surface area contributed by atoms with Crippen LogP contribution in [0.15, 0.2) is 23.6 Å². The molecule has 6 heteroatoms. The molecule has 0 aromatic heterocycles. The zero-order chi connectivity index (χ0) is 28.3. The number of hydrogen-bond donors (Lipinski definition) is 0. The number of allylic oxidation sites excluding steroid dienone is 3. The predicted molar refractivity (Wildman–Crippen MR) is 141 cm³/mol. The second kappa shape index (κ2) is 7.97. The summed E-state index contributed by atoms with van der Waals surface area (Å²) in [7, 11) is 1.44. The highest BCUT2D eigenvalue weighted by Gasteiger charge is 2.73. The first kappa shape index (κ1) is 27.5. The van der Waals surface area contributed by atoms with Gasteiger partial charge in [0.15, 0.2) is 17.3 Å². The summed E-state index contributed by atoms with van der Waals surface area (Å²) in [5, 5.41) is 0. The summed E-state index contributed by atoms with van der Waals surface area (Å²) in [6.07, 6.45) is 6.95. The van der Waals surface area contributed by atoms with Crippen LogP contribution in [0, 0.1) is 50.2 Å². The Morgan fingerprint density at radius 1 is 0.947 bits per heavy atom. The average Bonchev–Trinajstić information content (AvgIpc) is 2.84. The molecular weight excluding hydrogens is 483 g/mol. The van der Waals surface area contributed by atoms with Crippen LogP contribution in [-0.2, 0) is 23.9 Å². The lowest BCUT2D eigenvalue weighted by Gasteiger charge is -2.68. The second-order valence-electron chi connectivity index (χ2n) is 15.0. The number of carbonyl (C=O) groups excluding carboxylic acids is 4. The average molecular weight is 527 g/mol. The molecule has 5 nitrogen and oxygen atoms in total. The number of halogens is 1. The number of carbonyl (C=O) groups is 4. The number of Topliss-reactive ketones (excluding diaryl/α,β-unsaturated/α-hetero) is 2. The molecule has 0 saturated heterocycles. The van der Waals surface area contributed by atoms with Gasteiger partial charge in [-0.05, 0) is 91.6 Å². The zero-order valence-electron chi connectivity index (χ0n) is 24.3. The molecule has 0 radical (unpaired) electrons. The molecule has 0 aromatic carbocycles. The molecule has 7 atom stereocenters. The molecular formula is C32H43FO5. The Hall–Kier alpha value is -2.11. The van der Waals surface area contributed by atoms with Gasteiger partial charge in [0.1, 0.15) is 6.33 Å². The van der Waals surface area contributed by atoms with Gasteiger partial charge in [0.25, 0.3) is 0 Å². The summed E-state index contributed by atoms with van der Waals surface area (Å²) in [5.74, 6) is -2.03. The third-order valence-electron chi connectivity index (χ3n) is 12.7. The summed E-state index contributed by atoms with van der Waals surface area (Å²) in [6.45, 7) is 14.2. The number of ether oxygens (including phenoxy) is 1. The SMILES string of the molecule is COC(=O)[C@]12CCC(C)(C)C[C@H]1[C@H]1C(=O)C=C3[C@@]4(C)C(=O)/C(=C\F)C(=O)C(C)(C)[C@@H]4CC[C@@]3(C)[C@]1(C)CC2. The number of methoxy groups -OCH3 is 1. The van der Waals surface area contributed by atoms with Gasteiger partial charge in [0.05, 0.1) is 23.5 Å². The topological polar surface area (TPSA) is 77.5 Å². The fourth-order valence-electron chi connectivity index (χ4n) is 10.3. The first-order chi connectivity index (χ1) is 17.5. The highest BCUT2D eigenvalue weighted by Crippen LogP contribution is 2.74. The molecule has 5 aliphatic rings. The molecule has 0 heterocycles. The van der Waals surface area contributed by atoms with Crippen LogP contribution < -0.4 is 0 Å². The van der Waals surface area contributed by atoms with Crippen LogP contribution in [0.2, 0.25) is 0 Å². The van der Waals surface area contributed by atoms with Crippen LogP contribution in [0.5, 0.6) is 0 Å². The van der Waals surface area contributed by atoms with Crippen LogP contribution in [0.3, 0.4) is 0 Å². The molecule has 38 heavy (non-hydrogen) atoms. The Labute approximate surface area is 226 Å². The van der Waals surface area contributed by atoms with Crippen LogP contribution in [0.25, 0.3) is 0 Å². The van der Waals surface area contributed by atoms with Gasteiger partial charge in [-0.25, -0.2) is 4.39 Å². The fraction of sp³-hybridized carbons (Fsp3) is 0.750. The maximum absolute atomic E-state index is 14.4. The summed E-state index contributed by atoms with van der Waals surface area (Å²) < 4.78 is 19.4. The van der Waals surface area contributed by atoms with Crippen molar-refractivity contribution >= 4 is 23.3 Å². The van der Waals surface area contributed by atoms with Crippen LogP contribution >= 0.6 is 0 Å². The zero-order valence-corrected chi connectivity index (χ0v) is 24.3. The summed E-state index contributed by atoms with van der Waals surface area (Å²) in [6, 6.07) is 0.